The van der Waals surface area contributed by atoms with E-state index in [9.17, 15) is 14.7 Å². The molecular formula is C34H29N2O5+. The van der Waals surface area contributed by atoms with Gasteiger partial charge in [0.25, 0.3) is 0 Å². The van der Waals surface area contributed by atoms with E-state index in [0.29, 0.717) is 47.3 Å². The second-order valence-corrected chi connectivity index (χ2v) is 9.48. The van der Waals surface area contributed by atoms with Crippen molar-refractivity contribution in [2.75, 3.05) is 11.9 Å². The average molecular weight is 546 g/mol. The third kappa shape index (κ3) is 6.83. The minimum Gasteiger partial charge on any atom is -0.493 e. The molecule has 5 rings (SSSR count). The summed E-state index contributed by atoms with van der Waals surface area (Å²) in [7, 11) is 0. The smallest absolute Gasteiger partial charge is 0.460 e. The first-order valence-corrected chi connectivity index (χ1v) is 13.2. The molecule has 7 heteroatoms. The molecule has 1 heterocycles. The Hall–Kier alpha value is -5.30. The van der Waals surface area contributed by atoms with Gasteiger partial charge in [-0.15, -0.1) is 0 Å². The fourth-order valence-corrected chi connectivity index (χ4v) is 4.45. The summed E-state index contributed by atoms with van der Waals surface area (Å²) in [4.78, 5) is 29.7. The number of carbonyl (C=O) groups excluding carboxylic acids is 2. The number of anilines is 1. The summed E-state index contributed by atoms with van der Waals surface area (Å²) >= 11 is 0. The second-order valence-electron chi connectivity index (χ2n) is 9.48. The molecule has 0 radical (unpaired) electrons. The topological polar surface area (TPSA) is 99.3 Å². The lowest BCUT2D eigenvalue weighted by atomic mass is 10.00. The number of rotatable bonds is 12. The maximum Gasteiger partial charge on any atom is 0.460 e. The van der Waals surface area contributed by atoms with Crippen LogP contribution in [0, 0.1) is 0 Å². The van der Waals surface area contributed by atoms with E-state index in [2.05, 4.69) is 16.9 Å². The van der Waals surface area contributed by atoms with Gasteiger partial charge in [-0.05, 0) is 42.0 Å². The zero-order chi connectivity index (χ0) is 28.6. The monoisotopic (exact) mass is 545 g/mol. The van der Waals surface area contributed by atoms with Gasteiger partial charge in [0.15, 0.2) is 11.5 Å². The van der Waals surface area contributed by atoms with Crippen molar-refractivity contribution in [1.29, 1.82) is 0 Å². The first-order valence-electron chi connectivity index (χ1n) is 13.2. The molecule has 0 fully saturated rings. The molecule has 41 heavy (non-hydrogen) atoms. The van der Waals surface area contributed by atoms with Gasteiger partial charge in [0.05, 0.1) is 6.61 Å². The van der Waals surface area contributed by atoms with Crippen molar-refractivity contribution >= 4 is 29.1 Å². The van der Waals surface area contributed by atoms with Crippen molar-refractivity contribution in [3.63, 3.8) is 0 Å². The third-order valence-corrected chi connectivity index (χ3v) is 6.61. The number of para-hydroxylation sites is 1. The van der Waals surface area contributed by atoms with Crippen molar-refractivity contribution in [2.45, 2.75) is 18.9 Å². The van der Waals surface area contributed by atoms with Crippen molar-refractivity contribution in [3.05, 3.63) is 144 Å². The van der Waals surface area contributed by atoms with Crippen LogP contribution in [0.3, 0.4) is 0 Å². The van der Waals surface area contributed by atoms with Gasteiger partial charge >= 0.3 is 17.6 Å². The molecule has 0 aliphatic carbocycles. The summed E-state index contributed by atoms with van der Waals surface area (Å²) in [6, 6.07) is 31.9. The van der Waals surface area contributed by atoms with Crippen LogP contribution in [0.2, 0.25) is 0 Å². The molecule has 0 saturated carbocycles. The highest BCUT2D eigenvalue weighted by atomic mass is 16.5. The van der Waals surface area contributed by atoms with E-state index < -0.39 is 12.0 Å². The largest absolute Gasteiger partial charge is 0.493 e. The van der Waals surface area contributed by atoms with E-state index in [-0.39, 0.29) is 12.2 Å². The number of ether oxygens (including phenoxy) is 1. The van der Waals surface area contributed by atoms with Crippen LogP contribution in [0.15, 0.2) is 127 Å². The van der Waals surface area contributed by atoms with E-state index in [4.69, 9.17) is 9.16 Å². The lowest BCUT2D eigenvalue weighted by molar-refractivity contribution is -0.183. The zero-order valence-electron chi connectivity index (χ0n) is 22.3. The predicted octanol–water partition coefficient (Wildman–Crippen LogP) is 6.14. The number of aliphatic imine (C=N–C) groups is 1. The molecule has 204 valence electrons. The van der Waals surface area contributed by atoms with Crippen LogP contribution >= 0.6 is 0 Å². The first-order chi connectivity index (χ1) is 20.0. The second kappa shape index (κ2) is 12.7. The molecule has 1 atom stereocenters. The fourth-order valence-electron chi connectivity index (χ4n) is 4.45. The van der Waals surface area contributed by atoms with Crippen LogP contribution in [0.1, 0.15) is 37.9 Å². The van der Waals surface area contributed by atoms with Crippen LogP contribution in [0.5, 0.6) is 5.75 Å². The van der Waals surface area contributed by atoms with Crippen molar-refractivity contribution < 1.29 is 23.9 Å². The summed E-state index contributed by atoms with van der Waals surface area (Å²) in [5.74, 6) is 0.515. The van der Waals surface area contributed by atoms with E-state index in [1.807, 2.05) is 60.7 Å². The first kappa shape index (κ1) is 27.3. The van der Waals surface area contributed by atoms with Crippen molar-refractivity contribution in [3.8, 4) is 5.75 Å². The number of benzene rings is 4. The molecule has 4 aromatic carbocycles. The highest BCUT2D eigenvalue weighted by Gasteiger charge is 2.30. The normalized spacial score (nSPS) is 13.2. The van der Waals surface area contributed by atoms with Gasteiger partial charge in [-0.2, -0.15) is 9.42 Å². The molecule has 0 amide bonds. The highest BCUT2D eigenvalue weighted by molar-refractivity contribution is 6.13. The molecule has 4 aromatic rings. The Morgan fingerprint density at radius 2 is 1.54 bits per heavy atom. The van der Waals surface area contributed by atoms with Crippen LogP contribution in [-0.4, -0.2) is 41.1 Å². The van der Waals surface area contributed by atoms with Crippen molar-refractivity contribution in [1.82, 2.24) is 0 Å². The lowest BCUT2D eigenvalue weighted by Gasteiger charge is -2.18. The molecule has 1 unspecified atom stereocenters. The summed E-state index contributed by atoms with van der Waals surface area (Å²) in [5.41, 5.74) is 3.87. The Balaban J connectivity index is 1.18. The molecule has 0 bridgehead atoms. The van der Waals surface area contributed by atoms with E-state index >= 15 is 0 Å². The van der Waals surface area contributed by atoms with E-state index in [0.717, 1.165) is 16.8 Å². The number of hydrogen-bond acceptors (Lipinski definition) is 5. The number of nitrogens with zero attached hydrogens (tertiary/aromatic N) is 1. The molecular weight excluding hydrogens is 516 g/mol. The number of carboxylic acid groups (broad SMARTS) is 1. The molecule has 1 aliphatic heterocycles. The molecule has 2 N–H and O–H groups in total. The number of hydrogen-bond donors (Lipinski definition) is 2. The molecule has 0 spiro atoms. The highest BCUT2D eigenvalue weighted by Crippen LogP contribution is 2.22. The third-order valence-electron chi connectivity index (χ3n) is 6.61. The Labute approximate surface area is 238 Å². The van der Waals surface area contributed by atoms with Gasteiger partial charge in [0.2, 0.25) is 0 Å². The summed E-state index contributed by atoms with van der Waals surface area (Å²) in [6.45, 7) is 4.33. The zero-order valence-corrected chi connectivity index (χ0v) is 22.3. The molecule has 1 aliphatic rings. The van der Waals surface area contributed by atoms with Gasteiger partial charge < -0.3 is 15.2 Å². The van der Waals surface area contributed by atoms with Gasteiger partial charge in [-0.25, -0.2) is 4.79 Å². The standard InChI is InChI=1S/C34H28N2O5/c1-23-29(36-33(41-23)26-12-6-3-7-13-26)20-21-40-27-18-16-24(17-19-27)22-31(34(38)39)35-30-15-9-8-14-28(30)32(37)25-10-4-2-5-11-25/h2-19,31H,1,20-22H2,(H-,35,37,38,39)/p+1. The van der Waals surface area contributed by atoms with Gasteiger partial charge in [-0.3, -0.25) is 4.79 Å². The quantitative estimate of drug-likeness (QED) is 0.165. The van der Waals surface area contributed by atoms with Crippen LogP contribution in [0.25, 0.3) is 0 Å². The Morgan fingerprint density at radius 3 is 2.24 bits per heavy atom. The summed E-state index contributed by atoms with van der Waals surface area (Å²) in [6.07, 6.45) is 0.749. The molecule has 0 saturated heterocycles. The number of aliphatic carboxylic acids is 1. The predicted molar refractivity (Wildman–Crippen MR) is 159 cm³/mol. The van der Waals surface area contributed by atoms with Gasteiger partial charge in [-0.1, -0.05) is 72.8 Å². The number of carboxylic acids is 1. The van der Waals surface area contributed by atoms with Crippen LogP contribution < -0.4 is 10.1 Å². The number of amides is 1. The number of nitrogens with one attached hydrogen (secondary N) is 1. The number of ketones is 1. The van der Waals surface area contributed by atoms with Gasteiger partial charge in [0, 0.05) is 36.2 Å². The lowest BCUT2D eigenvalue weighted by Crippen LogP contribution is -2.32. The number of allylic oxidation sites excluding steroid dienone is 1. The van der Waals surface area contributed by atoms with Gasteiger partial charge in [0.1, 0.15) is 17.4 Å². The SMILES string of the molecule is C=C1[O+]=C(c2ccccc2)N=C1CCOc1ccc(CC(Nc2ccccc2C(=O)c2ccccc2)C(=O)O)cc1. The van der Waals surface area contributed by atoms with Crippen LogP contribution in [0.4, 0.5) is 5.69 Å². The maximum atomic E-state index is 13.1. The molecule has 7 nitrogen and oxygen atoms in total. The fraction of sp³-hybridized carbons (Fsp3) is 0.118. The van der Waals surface area contributed by atoms with Crippen LogP contribution in [-0.2, 0) is 11.2 Å². The maximum absolute atomic E-state index is 13.1. The Bertz CT molecular complexity index is 1610. The van der Waals surface area contributed by atoms with E-state index in [1.165, 1.54) is 0 Å². The summed E-state index contributed by atoms with van der Waals surface area (Å²) < 4.78 is 11.6. The minimum absolute atomic E-state index is 0.174. The molecule has 0 aromatic heterocycles. The number of carbonyl (C=O) groups is 2. The summed E-state index contributed by atoms with van der Waals surface area (Å²) in [5, 5.41) is 13.0. The Kier molecular flexibility index (Phi) is 8.45. The van der Waals surface area contributed by atoms with E-state index in [1.54, 1.807) is 48.5 Å². The Morgan fingerprint density at radius 1 is 0.878 bits per heavy atom. The van der Waals surface area contributed by atoms with Crippen molar-refractivity contribution in [2.24, 2.45) is 4.99 Å². The minimum atomic E-state index is -1.02. The average Bonchev–Trinajstić information content (AvgIpc) is 3.38.